The Morgan fingerprint density at radius 3 is 2.91 bits per heavy atom. The first-order chi connectivity index (χ1) is 10.4. The number of nitrogens with one attached hydrogen (secondary N) is 1. The second-order valence-electron chi connectivity index (χ2n) is 5.46. The first kappa shape index (κ1) is 15.4. The Hall–Kier alpha value is -1.51. The first-order valence-electron chi connectivity index (χ1n) is 7.05. The predicted molar refractivity (Wildman–Crippen MR) is 87.9 cm³/mol. The summed E-state index contributed by atoms with van der Waals surface area (Å²) in [4.78, 5) is 8.82. The lowest BCUT2D eigenvalue weighted by atomic mass is 10.2. The van der Waals surface area contributed by atoms with Gasteiger partial charge in [-0.2, -0.15) is 4.31 Å². The van der Waals surface area contributed by atoms with Crippen LogP contribution in [0.3, 0.4) is 0 Å². The van der Waals surface area contributed by atoms with Crippen molar-refractivity contribution in [1.82, 2.24) is 14.3 Å². The number of thiazole rings is 1. The average Bonchev–Trinajstić information content (AvgIpc) is 3.09. The molecular formula is C14H18N4O2S2. The minimum Gasteiger partial charge on any atom is -0.316 e. The van der Waals surface area contributed by atoms with E-state index < -0.39 is 10.0 Å². The number of pyridine rings is 1. The van der Waals surface area contributed by atoms with Crippen LogP contribution in [0.2, 0.25) is 0 Å². The number of hydrogen-bond acceptors (Lipinski definition) is 6. The van der Waals surface area contributed by atoms with Gasteiger partial charge in [0.1, 0.15) is 5.82 Å². The van der Waals surface area contributed by atoms with Crippen molar-refractivity contribution in [3.05, 3.63) is 35.0 Å². The summed E-state index contributed by atoms with van der Waals surface area (Å²) >= 11 is 1.46. The molecule has 8 heteroatoms. The normalized spacial score (nSPS) is 19.5. The van der Waals surface area contributed by atoms with E-state index in [4.69, 9.17) is 0 Å². The Balaban J connectivity index is 1.77. The fourth-order valence-electron chi connectivity index (χ4n) is 2.58. The number of aryl methyl sites for hydroxylation is 1. The van der Waals surface area contributed by atoms with E-state index in [1.54, 1.807) is 6.20 Å². The van der Waals surface area contributed by atoms with E-state index in [0.717, 1.165) is 35.0 Å². The molecule has 0 aliphatic carbocycles. The molecule has 2 aromatic rings. The van der Waals surface area contributed by atoms with Gasteiger partial charge in [0.05, 0.1) is 18.0 Å². The Bertz CT molecular complexity index is 755. The van der Waals surface area contributed by atoms with Crippen LogP contribution in [0, 0.1) is 6.92 Å². The molecule has 0 bridgehead atoms. The van der Waals surface area contributed by atoms with E-state index >= 15 is 0 Å². The van der Waals surface area contributed by atoms with Crippen molar-refractivity contribution >= 4 is 32.3 Å². The molecule has 0 saturated carbocycles. The third-order valence-corrected chi connectivity index (χ3v) is 5.70. The molecule has 0 aromatic carbocycles. The Morgan fingerprint density at radius 2 is 2.23 bits per heavy atom. The number of nitrogens with zero attached hydrogens (tertiary/aromatic N) is 3. The number of anilines is 2. The van der Waals surface area contributed by atoms with Crippen LogP contribution in [0.25, 0.3) is 0 Å². The highest BCUT2D eigenvalue weighted by Gasteiger charge is 2.34. The number of rotatable bonds is 4. The van der Waals surface area contributed by atoms with Crippen LogP contribution in [0.1, 0.15) is 30.1 Å². The number of hydrogen-bond donors (Lipinski definition) is 1. The van der Waals surface area contributed by atoms with E-state index in [1.165, 1.54) is 21.9 Å². The quantitative estimate of drug-likeness (QED) is 0.927. The van der Waals surface area contributed by atoms with Crippen LogP contribution in [-0.2, 0) is 10.0 Å². The van der Waals surface area contributed by atoms with Crippen LogP contribution in [-0.4, -0.2) is 35.5 Å². The van der Waals surface area contributed by atoms with Crippen LogP contribution >= 0.6 is 11.3 Å². The molecule has 1 atom stereocenters. The maximum atomic E-state index is 11.8. The summed E-state index contributed by atoms with van der Waals surface area (Å²) in [7, 11) is -3.19. The summed E-state index contributed by atoms with van der Waals surface area (Å²) in [6.45, 7) is 2.56. The lowest BCUT2D eigenvalue weighted by Crippen LogP contribution is -2.29. The van der Waals surface area contributed by atoms with Crippen molar-refractivity contribution in [3.63, 3.8) is 0 Å². The van der Waals surface area contributed by atoms with Gasteiger partial charge in [-0.15, -0.1) is 11.3 Å². The fourth-order valence-corrected chi connectivity index (χ4v) is 4.48. The standard InChI is InChI=1S/C14H18N4O2S2/c1-10-5-6-13(15-8-10)17-14-16-11(9-21-14)12-4-3-7-18(12)22(2,19)20/h5-6,8-9,12H,3-4,7H2,1-2H3,(H,15,16,17). The molecule has 1 N–H and O–H groups in total. The van der Waals surface area contributed by atoms with Gasteiger partial charge in [0.25, 0.3) is 0 Å². The van der Waals surface area contributed by atoms with Gasteiger partial charge in [-0.3, -0.25) is 0 Å². The van der Waals surface area contributed by atoms with Crippen molar-refractivity contribution in [1.29, 1.82) is 0 Å². The molecule has 118 valence electrons. The van der Waals surface area contributed by atoms with Gasteiger partial charge >= 0.3 is 0 Å². The zero-order valence-corrected chi connectivity index (χ0v) is 14.1. The lowest BCUT2D eigenvalue weighted by molar-refractivity contribution is 0.395. The molecule has 2 aromatic heterocycles. The summed E-state index contributed by atoms with van der Waals surface area (Å²) in [5.41, 5.74) is 1.91. The average molecular weight is 338 g/mol. The van der Waals surface area contributed by atoms with E-state index in [-0.39, 0.29) is 6.04 Å². The van der Waals surface area contributed by atoms with Crippen molar-refractivity contribution in [2.24, 2.45) is 0 Å². The lowest BCUT2D eigenvalue weighted by Gasteiger charge is -2.20. The van der Waals surface area contributed by atoms with E-state index in [0.29, 0.717) is 6.54 Å². The first-order valence-corrected chi connectivity index (χ1v) is 9.78. The van der Waals surface area contributed by atoms with Crippen molar-refractivity contribution in [3.8, 4) is 0 Å². The van der Waals surface area contributed by atoms with Gasteiger partial charge in [0.15, 0.2) is 5.13 Å². The third kappa shape index (κ3) is 3.29. The zero-order chi connectivity index (χ0) is 15.7. The van der Waals surface area contributed by atoms with Crippen LogP contribution in [0.15, 0.2) is 23.7 Å². The minimum atomic E-state index is -3.19. The molecule has 1 fully saturated rings. The van der Waals surface area contributed by atoms with Crippen molar-refractivity contribution in [2.75, 3.05) is 18.1 Å². The van der Waals surface area contributed by atoms with Crippen LogP contribution < -0.4 is 5.32 Å². The van der Waals surface area contributed by atoms with Crippen LogP contribution in [0.5, 0.6) is 0 Å². The van der Waals surface area contributed by atoms with E-state index in [1.807, 2.05) is 24.4 Å². The van der Waals surface area contributed by atoms with Crippen LogP contribution in [0.4, 0.5) is 10.9 Å². The molecule has 3 rings (SSSR count). The summed E-state index contributed by atoms with van der Waals surface area (Å²) in [5.74, 6) is 0.734. The molecule has 1 aliphatic heterocycles. The zero-order valence-electron chi connectivity index (χ0n) is 12.5. The van der Waals surface area contributed by atoms with Gasteiger partial charge in [-0.25, -0.2) is 18.4 Å². The monoisotopic (exact) mass is 338 g/mol. The maximum absolute atomic E-state index is 11.8. The molecule has 0 amide bonds. The van der Waals surface area contributed by atoms with Gasteiger partial charge in [-0.05, 0) is 31.4 Å². The van der Waals surface area contributed by atoms with E-state index in [9.17, 15) is 8.42 Å². The summed E-state index contributed by atoms with van der Waals surface area (Å²) in [6, 6.07) is 3.73. The molecule has 1 unspecified atom stereocenters. The van der Waals surface area contributed by atoms with Gasteiger partial charge < -0.3 is 5.32 Å². The molecule has 22 heavy (non-hydrogen) atoms. The molecule has 6 nitrogen and oxygen atoms in total. The minimum absolute atomic E-state index is 0.146. The van der Waals surface area contributed by atoms with Gasteiger partial charge in [0.2, 0.25) is 10.0 Å². The molecule has 1 aliphatic rings. The van der Waals surface area contributed by atoms with E-state index in [2.05, 4.69) is 15.3 Å². The van der Waals surface area contributed by atoms with Crippen molar-refractivity contribution in [2.45, 2.75) is 25.8 Å². The highest BCUT2D eigenvalue weighted by molar-refractivity contribution is 7.88. The SMILES string of the molecule is Cc1ccc(Nc2nc(C3CCCN3S(C)(=O)=O)cs2)nc1. The van der Waals surface area contributed by atoms with Gasteiger partial charge in [-0.1, -0.05) is 6.07 Å². The highest BCUT2D eigenvalue weighted by atomic mass is 32.2. The maximum Gasteiger partial charge on any atom is 0.211 e. The second-order valence-corrected chi connectivity index (χ2v) is 8.25. The topological polar surface area (TPSA) is 75.2 Å². The highest BCUT2D eigenvalue weighted by Crippen LogP contribution is 2.35. The molecule has 1 saturated heterocycles. The molecule has 0 radical (unpaired) electrons. The fraction of sp³-hybridized carbons (Fsp3) is 0.429. The Kier molecular flexibility index (Phi) is 4.16. The Morgan fingerprint density at radius 1 is 1.41 bits per heavy atom. The smallest absolute Gasteiger partial charge is 0.211 e. The summed E-state index contributed by atoms with van der Waals surface area (Å²) in [6.07, 6.45) is 4.74. The van der Waals surface area contributed by atoms with Gasteiger partial charge in [0, 0.05) is 18.1 Å². The molecule has 0 spiro atoms. The largest absolute Gasteiger partial charge is 0.316 e. The molecular weight excluding hydrogens is 320 g/mol. The summed E-state index contributed by atoms with van der Waals surface area (Å²) < 4.78 is 25.2. The predicted octanol–water partition coefficient (Wildman–Crippen LogP) is 2.69. The number of aromatic nitrogens is 2. The molecule has 3 heterocycles. The third-order valence-electron chi connectivity index (χ3n) is 3.64. The Labute approximate surface area is 134 Å². The summed E-state index contributed by atoms with van der Waals surface area (Å²) in [5, 5.41) is 5.81. The second kappa shape index (κ2) is 5.94. The van der Waals surface area contributed by atoms with Crippen molar-refractivity contribution < 1.29 is 8.42 Å². The number of sulfonamides is 1.